The van der Waals surface area contributed by atoms with Gasteiger partial charge in [-0.15, -0.1) is 10.2 Å². The van der Waals surface area contributed by atoms with Crippen molar-refractivity contribution in [3.63, 3.8) is 0 Å². The second kappa shape index (κ2) is 10.5. The topological polar surface area (TPSA) is 102 Å². The summed E-state index contributed by atoms with van der Waals surface area (Å²) < 4.78 is 1.97. The quantitative estimate of drug-likeness (QED) is 0.506. The molecule has 0 saturated carbocycles. The highest BCUT2D eigenvalue weighted by Crippen LogP contribution is 2.23. The number of rotatable bonds is 9. The van der Waals surface area contributed by atoms with Gasteiger partial charge < -0.3 is 15.2 Å². The zero-order chi connectivity index (χ0) is 21.3. The Balaban J connectivity index is 1.56. The number of aromatic nitrogens is 4. The minimum atomic E-state index is -0.140. The molecule has 0 atom stereocenters. The first-order chi connectivity index (χ1) is 14.6. The molecule has 0 saturated heterocycles. The van der Waals surface area contributed by atoms with Crippen LogP contribution in [0.15, 0.2) is 53.9 Å². The van der Waals surface area contributed by atoms with E-state index in [0.717, 1.165) is 17.8 Å². The Morgan fingerprint density at radius 1 is 0.933 bits per heavy atom. The number of nitrogens with zero attached hydrogens (tertiary/aromatic N) is 4. The lowest BCUT2D eigenvalue weighted by Crippen LogP contribution is -2.15. The number of carbonyl (C=O) groups is 2. The van der Waals surface area contributed by atoms with Gasteiger partial charge in [0, 0.05) is 42.3 Å². The molecule has 0 unspecified atom stereocenters. The summed E-state index contributed by atoms with van der Waals surface area (Å²) >= 11 is 1.34. The number of carbonyl (C=O) groups excluding carboxylic acids is 2. The highest BCUT2D eigenvalue weighted by atomic mass is 32.2. The van der Waals surface area contributed by atoms with Gasteiger partial charge in [0.05, 0.1) is 5.75 Å². The van der Waals surface area contributed by atoms with Gasteiger partial charge in [0.1, 0.15) is 0 Å². The van der Waals surface area contributed by atoms with Crippen LogP contribution in [0.1, 0.15) is 26.7 Å². The average Bonchev–Trinajstić information content (AvgIpc) is 3.17. The predicted octanol–water partition coefficient (Wildman–Crippen LogP) is 3.83. The van der Waals surface area contributed by atoms with Crippen molar-refractivity contribution in [3.05, 3.63) is 48.8 Å². The molecule has 2 amide bonds. The van der Waals surface area contributed by atoms with Crippen LogP contribution in [0.3, 0.4) is 0 Å². The fourth-order valence-corrected chi connectivity index (χ4v) is 3.61. The zero-order valence-corrected chi connectivity index (χ0v) is 17.8. The molecule has 3 aromatic rings. The van der Waals surface area contributed by atoms with Crippen molar-refractivity contribution in [2.24, 2.45) is 0 Å². The maximum absolute atomic E-state index is 12.3. The summed E-state index contributed by atoms with van der Waals surface area (Å²) in [5.41, 5.74) is 2.31. The summed E-state index contributed by atoms with van der Waals surface area (Å²) in [5, 5.41) is 14.9. The summed E-state index contributed by atoms with van der Waals surface area (Å²) in [5.74, 6) is 0.808. The molecule has 1 aromatic carbocycles. The molecule has 0 aliphatic heterocycles. The van der Waals surface area contributed by atoms with E-state index in [9.17, 15) is 9.59 Å². The number of anilines is 2. The van der Waals surface area contributed by atoms with Gasteiger partial charge in [-0.1, -0.05) is 18.7 Å². The number of nitrogens with one attached hydrogen (secondary N) is 2. The largest absolute Gasteiger partial charge is 0.326 e. The van der Waals surface area contributed by atoms with Crippen LogP contribution in [-0.4, -0.2) is 37.3 Å². The highest BCUT2D eigenvalue weighted by Gasteiger charge is 2.14. The Labute approximate surface area is 179 Å². The van der Waals surface area contributed by atoms with Crippen LogP contribution in [0.2, 0.25) is 0 Å². The third-order valence-corrected chi connectivity index (χ3v) is 5.20. The van der Waals surface area contributed by atoms with Gasteiger partial charge >= 0.3 is 0 Å². The molecule has 2 aromatic heterocycles. The molecule has 2 N–H and O–H groups in total. The minimum Gasteiger partial charge on any atom is -0.326 e. The van der Waals surface area contributed by atoms with Gasteiger partial charge in [-0.2, -0.15) is 0 Å². The van der Waals surface area contributed by atoms with Crippen LogP contribution in [0, 0.1) is 0 Å². The third kappa shape index (κ3) is 5.66. The van der Waals surface area contributed by atoms with Crippen LogP contribution in [0.5, 0.6) is 0 Å². The van der Waals surface area contributed by atoms with Crippen molar-refractivity contribution < 1.29 is 9.59 Å². The Kier molecular flexibility index (Phi) is 7.56. The summed E-state index contributed by atoms with van der Waals surface area (Å²) in [6.45, 7) is 4.66. The first-order valence-corrected chi connectivity index (χ1v) is 10.8. The van der Waals surface area contributed by atoms with Crippen LogP contribution in [-0.2, 0) is 16.1 Å². The van der Waals surface area contributed by atoms with E-state index < -0.39 is 0 Å². The average molecular weight is 425 g/mol. The third-order valence-electron chi connectivity index (χ3n) is 4.23. The summed E-state index contributed by atoms with van der Waals surface area (Å²) in [7, 11) is 0. The Morgan fingerprint density at radius 3 is 2.17 bits per heavy atom. The van der Waals surface area contributed by atoms with Gasteiger partial charge in [-0.3, -0.25) is 14.6 Å². The number of hydrogen-bond acceptors (Lipinski definition) is 6. The van der Waals surface area contributed by atoms with E-state index in [1.54, 1.807) is 36.7 Å². The van der Waals surface area contributed by atoms with Crippen LogP contribution < -0.4 is 10.6 Å². The van der Waals surface area contributed by atoms with E-state index in [4.69, 9.17) is 0 Å². The maximum atomic E-state index is 12.3. The smallest absolute Gasteiger partial charge is 0.234 e. The number of pyridine rings is 1. The van der Waals surface area contributed by atoms with Gasteiger partial charge in [0.25, 0.3) is 0 Å². The second-order valence-electron chi connectivity index (χ2n) is 6.50. The molecular formula is C21H24N6O2S. The van der Waals surface area contributed by atoms with Crippen molar-refractivity contribution in [2.75, 3.05) is 16.4 Å². The lowest BCUT2D eigenvalue weighted by atomic mass is 10.2. The molecule has 0 spiro atoms. The molecule has 2 heterocycles. The van der Waals surface area contributed by atoms with E-state index >= 15 is 0 Å². The van der Waals surface area contributed by atoms with E-state index in [1.165, 1.54) is 11.8 Å². The molecule has 0 radical (unpaired) electrons. The molecule has 0 bridgehead atoms. The fraction of sp³-hybridized carbons (Fsp3) is 0.286. The maximum Gasteiger partial charge on any atom is 0.234 e. The number of thioether (sulfide) groups is 1. The van der Waals surface area contributed by atoms with Crippen molar-refractivity contribution >= 4 is 35.0 Å². The lowest BCUT2D eigenvalue weighted by molar-refractivity contribution is -0.116. The Morgan fingerprint density at radius 2 is 1.57 bits per heavy atom. The van der Waals surface area contributed by atoms with Crippen LogP contribution in [0.4, 0.5) is 11.4 Å². The number of amides is 2. The van der Waals surface area contributed by atoms with Gasteiger partial charge in [0.15, 0.2) is 11.0 Å². The predicted molar refractivity (Wildman–Crippen MR) is 118 cm³/mol. The van der Waals surface area contributed by atoms with E-state index in [0.29, 0.717) is 29.5 Å². The molecule has 156 valence electrons. The molecule has 0 fully saturated rings. The van der Waals surface area contributed by atoms with Crippen LogP contribution in [0.25, 0.3) is 11.4 Å². The van der Waals surface area contributed by atoms with Crippen molar-refractivity contribution in [1.29, 1.82) is 0 Å². The molecule has 0 aliphatic rings. The highest BCUT2D eigenvalue weighted by molar-refractivity contribution is 7.99. The van der Waals surface area contributed by atoms with E-state index in [2.05, 4.69) is 25.8 Å². The molecule has 3 rings (SSSR count). The SMILES string of the molecule is CCCC(=O)Nc1ccc(NC(=O)CSc2nnc(-c3ccncc3)n2CC)cc1. The van der Waals surface area contributed by atoms with Gasteiger partial charge in [-0.25, -0.2) is 0 Å². The Hall–Kier alpha value is -3.20. The van der Waals surface area contributed by atoms with Crippen molar-refractivity contribution in [1.82, 2.24) is 19.7 Å². The molecule has 30 heavy (non-hydrogen) atoms. The number of benzene rings is 1. The summed E-state index contributed by atoms with van der Waals surface area (Å²) in [6, 6.07) is 10.8. The van der Waals surface area contributed by atoms with Crippen molar-refractivity contribution in [3.8, 4) is 11.4 Å². The fourth-order valence-electron chi connectivity index (χ4n) is 2.81. The molecular weight excluding hydrogens is 400 g/mol. The minimum absolute atomic E-state index is 0.0168. The Bertz CT molecular complexity index is 988. The molecule has 8 nitrogen and oxygen atoms in total. The van der Waals surface area contributed by atoms with Gasteiger partial charge in [0.2, 0.25) is 11.8 Å². The van der Waals surface area contributed by atoms with Gasteiger partial charge in [-0.05, 0) is 49.7 Å². The zero-order valence-electron chi connectivity index (χ0n) is 17.0. The second-order valence-corrected chi connectivity index (χ2v) is 7.44. The molecule has 0 aliphatic carbocycles. The summed E-state index contributed by atoms with van der Waals surface area (Å²) in [4.78, 5) is 28.0. The van der Waals surface area contributed by atoms with E-state index in [-0.39, 0.29) is 17.6 Å². The standard InChI is InChI=1S/C21H24N6O2S/c1-3-5-18(28)23-16-6-8-17(9-7-16)24-19(29)14-30-21-26-25-20(27(21)4-2)15-10-12-22-13-11-15/h6-13H,3-5,14H2,1-2H3,(H,23,28)(H,24,29). The van der Waals surface area contributed by atoms with E-state index in [1.807, 2.05) is 30.5 Å². The van der Waals surface area contributed by atoms with Crippen molar-refractivity contribution in [2.45, 2.75) is 38.4 Å². The first-order valence-electron chi connectivity index (χ1n) is 9.76. The molecule has 9 heteroatoms. The monoisotopic (exact) mass is 424 g/mol. The first kappa shape index (κ1) is 21.5. The lowest BCUT2D eigenvalue weighted by Gasteiger charge is -2.09. The number of hydrogen-bond donors (Lipinski definition) is 2. The summed E-state index contributed by atoms with van der Waals surface area (Å²) in [6.07, 6.45) is 4.71. The van der Waals surface area contributed by atoms with Crippen LogP contribution >= 0.6 is 11.8 Å². The normalized spacial score (nSPS) is 10.6.